The molecule has 21 heavy (non-hydrogen) atoms. The van der Waals surface area contributed by atoms with Crippen LogP contribution in [0.2, 0.25) is 0 Å². The predicted molar refractivity (Wildman–Crippen MR) is 78.8 cm³/mol. The molecule has 0 aromatic rings. The number of nitrogens with zero attached hydrogens (tertiary/aromatic N) is 1. The van der Waals surface area contributed by atoms with E-state index in [0.29, 0.717) is 24.9 Å². The maximum Gasteiger partial charge on any atom is 0.326 e. The molecule has 3 aliphatic rings. The van der Waals surface area contributed by atoms with Crippen LogP contribution in [0.1, 0.15) is 38.5 Å². The van der Waals surface area contributed by atoms with Gasteiger partial charge in [0.05, 0.1) is 0 Å². The maximum absolute atomic E-state index is 12.4. The summed E-state index contributed by atoms with van der Waals surface area (Å²) in [5.74, 6) is 0.185. The van der Waals surface area contributed by atoms with Crippen LogP contribution in [0.25, 0.3) is 0 Å². The van der Waals surface area contributed by atoms with E-state index in [4.69, 9.17) is 0 Å². The van der Waals surface area contributed by atoms with Crippen LogP contribution < -0.4 is 5.32 Å². The number of aliphatic carboxylic acids is 1. The first-order chi connectivity index (χ1) is 10.2. The van der Waals surface area contributed by atoms with Crippen molar-refractivity contribution < 1.29 is 14.7 Å². The monoisotopic (exact) mass is 292 g/mol. The number of amides is 2. The van der Waals surface area contributed by atoms with Crippen molar-refractivity contribution in [3.63, 3.8) is 0 Å². The lowest BCUT2D eigenvalue weighted by Crippen LogP contribution is -2.48. The van der Waals surface area contributed by atoms with Crippen molar-refractivity contribution in [1.82, 2.24) is 10.2 Å². The van der Waals surface area contributed by atoms with Crippen molar-refractivity contribution in [2.75, 3.05) is 13.1 Å². The molecule has 1 aliphatic heterocycles. The summed E-state index contributed by atoms with van der Waals surface area (Å²) in [4.78, 5) is 25.5. The van der Waals surface area contributed by atoms with E-state index in [1.165, 1.54) is 0 Å². The van der Waals surface area contributed by atoms with Crippen molar-refractivity contribution >= 4 is 12.0 Å². The Hall–Kier alpha value is -1.52. The van der Waals surface area contributed by atoms with Crippen LogP contribution in [0, 0.1) is 17.8 Å². The van der Waals surface area contributed by atoms with E-state index >= 15 is 0 Å². The van der Waals surface area contributed by atoms with Gasteiger partial charge in [0.15, 0.2) is 0 Å². The highest BCUT2D eigenvalue weighted by Gasteiger charge is 2.49. The molecule has 2 fully saturated rings. The number of allylic oxidation sites excluding steroid dienone is 2. The normalized spacial score (nSPS) is 34.8. The third kappa shape index (κ3) is 2.92. The molecule has 4 unspecified atom stereocenters. The minimum atomic E-state index is -0.847. The van der Waals surface area contributed by atoms with Crippen LogP contribution in [0.5, 0.6) is 0 Å². The number of carboxylic acid groups (broad SMARTS) is 1. The Morgan fingerprint density at radius 1 is 1.24 bits per heavy atom. The number of nitrogens with one attached hydrogen (secondary N) is 1. The molecule has 0 aromatic heterocycles. The summed E-state index contributed by atoms with van der Waals surface area (Å²) < 4.78 is 0. The maximum atomic E-state index is 12.4. The topological polar surface area (TPSA) is 69.6 Å². The first kappa shape index (κ1) is 14.4. The molecule has 5 nitrogen and oxygen atoms in total. The van der Waals surface area contributed by atoms with Crippen molar-refractivity contribution in [2.24, 2.45) is 17.8 Å². The van der Waals surface area contributed by atoms with E-state index in [-0.39, 0.29) is 11.9 Å². The number of hydrogen-bond acceptors (Lipinski definition) is 2. The van der Waals surface area contributed by atoms with Gasteiger partial charge in [-0.15, -0.1) is 0 Å². The van der Waals surface area contributed by atoms with E-state index in [0.717, 1.165) is 38.5 Å². The lowest BCUT2D eigenvalue weighted by molar-refractivity contribution is -0.142. The molecular formula is C16H24N2O3. The molecule has 1 heterocycles. The van der Waals surface area contributed by atoms with Gasteiger partial charge >= 0.3 is 12.0 Å². The Kier molecular flexibility index (Phi) is 4.17. The quantitative estimate of drug-likeness (QED) is 0.784. The minimum Gasteiger partial charge on any atom is -0.480 e. The second-order valence-electron chi connectivity index (χ2n) is 6.63. The SMILES string of the molecule is O=C(O)C1C2CCCC2CN1C(=O)NCC1CC=CCC1. The fraction of sp³-hybridized carbons (Fsp3) is 0.750. The van der Waals surface area contributed by atoms with E-state index in [1.54, 1.807) is 4.90 Å². The summed E-state index contributed by atoms with van der Waals surface area (Å²) in [6, 6.07) is -0.810. The van der Waals surface area contributed by atoms with E-state index < -0.39 is 12.0 Å². The first-order valence-electron chi connectivity index (χ1n) is 8.09. The van der Waals surface area contributed by atoms with Gasteiger partial charge in [0, 0.05) is 13.1 Å². The van der Waals surface area contributed by atoms with Crippen molar-refractivity contribution in [1.29, 1.82) is 0 Å². The number of fused-ring (bicyclic) bond motifs is 1. The molecule has 0 radical (unpaired) electrons. The molecule has 2 N–H and O–H groups in total. The van der Waals surface area contributed by atoms with Crippen molar-refractivity contribution in [3.8, 4) is 0 Å². The van der Waals surface area contributed by atoms with Crippen LogP contribution in [0.15, 0.2) is 12.2 Å². The summed E-state index contributed by atoms with van der Waals surface area (Å²) >= 11 is 0. The zero-order valence-electron chi connectivity index (χ0n) is 12.3. The highest BCUT2D eigenvalue weighted by molar-refractivity contribution is 5.83. The van der Waals surface area contributed by atoms with Crippen LogP contribution in [0.3, 0.4) is 0 Å². The van der Waals surface area contributed by atoms with Crippen LogP contribution in [-0.4, -0.2) is 41.1 Å². The average molecular weight is 292 g/mol. The third-order valence-electron chi connectivity index (χ3n) is 5.32. The molecule has 0 aromatic carbocycles. The van der Waals surface area contributed by atoms with Crippen molar-refractivity contribution in [2.45, 2.75) is 44.6 Å². The molecule has 2 aliphatic carbocycles. The Balaban J connectivity index is 1.58. The highest BCUT2D eigenvalue weighted by Crippen LogP contribution is 2.42. The molecule has 0 bridgehead atoms. The molecule has 5 heteroatoms. The summed E-state index contributed by atoms with van der Waals surface area (Å²) in [7, 11) is 0. The Bertz CT molecular complexity index is 449. The molecule has 1 saturated carbocycles. The van der Waals surface area contributed by atoms with Gasteiger partial charge < -0.3 is 15.3 Å². The van der Waals surface area contributed by atoms with Gasteiger partial charge in [-0.2, -0.15) is 0 Å². The van der Waals surface area contributed by atoms with Gasteiger partial charge in [-0.3, -0.25) is 0 Å². The Labute approximate surface area is 125 Å². The number of carbonyl (C=O) groups excluding carboxylic acids is 1. The van der Waals surface area contributed by atoms with Gasteiger partial charge in [-0.1, -0.05) is 18.6 Å². The largest absolute Gasteiger partial charge is 0.480 e. The van der Waals surface area contributed by atoms with Crippen LogP contribution >= 0.6 is 0 Å². The van der Waals surface area contributed by atoms with E-state index in [2.05, 4.69) is 17.5 Å². The fourth-order valence-corrected chi connectivity index (χ4v) is 4.21. The lowest BCUT2D eigenvalue weighted by atomic mass is 9.94. The van der Waals surface area contributed by atoms with Gasteiger partial charge in [0.1, 0.15) is 6.04 Å². The fourth-order valence-electron chi connectivity index (χ4n) is 4.21. The first-order valence-corrected chi connectivity index (χ1v) is 8.09. The number of rotatable bonds is 3. The summed E-state index contributed by atoms with van der Waals surface area (Å²) in [6.07, 6.45) is 10.6. The molecular weight excluding hydrogens is 268 g/mol. The number of hydrogen-bond donors (Lipinski definition) is 2. The van der Waals surface area contributed by atoms with Crippen LogP contribution in [0.4, 0.5) is 4.79 Å². The average Bonchev–Trinajstić information content (AvgIpc) is 3.05. The van der Waals surface area contributed by atoms with Crippen molar-refractivity contribution in [3.05, 3.63) is 12.2 Å². The summed E-state index contributed by atoms with van der Waals surface area (Å²) in [5.41, 5.74) is 0. The predicted octanol–water partition coefficient (Wildman–Crippen LogP) is 2.24. The molecule has 3 rings (SSSR count). The number of likely N-dealkylation sites (tertiary alicyclic amines) is 1. The molecule has 0 spiro atoms. The molecule has 1 saturated heterocycles. The van der Waals surface area contributed by atoms with Crippen LogP contribution in [-0.2, 0) is 4.79 Å². The van der Waals surface area contributed by atoms with Gasteiger partial charge in [-0.25, -0.2) is 9.59 Å². The number of urea groups is 1. The zero-order valence-corrected chi connectivity index (χ0v) is 12.3. The van der Waals surface area contributed by atoms with Gasteiger partial charge in [-0.05, 0) is 49.9 Å². The molecule has 116 valence electrons. The molecule has 2 amide bonds. The number of carboxylic acids is 1. The third-order valence-corrected chi connectivity index (χ3v) is 5.32. The second-order valence-corrected chi connectivity index (χ2v) is 6.63. The highest BCUT2D eigenvalue weighted by atomic mass is 16.4. The molecule has 4 atom stereocenters. The standard InChI is InChI=1S/C16H24N2O3/c19-15(20)14-13-8-4-7-12(13)10-18(14)16(21)17-9-11-5-2-1-3-6-11/h1-2,11-14H,3-10H2,(H,17,21)(H,19,20). The summed E-state index contributed by atoms with van der Waals surface area (Å²) in [5, 5.41) is 12.4. The Morgan fingerprint density at radius 2 is 2.10 bits per heavy atom. The summed E-state index contributed by atoms with van der Waals surface area (Å²) in [6.45, 7) is 1.26. The number of carbonyl (C=O) groups is 2. The lowest BCUT2D eigenvalue weighted by Gasteiger charge is -2.26. The van der Waals surface area contributed by atoms with Gasteiger partial charge in [0.25, 0.3) is 0 Å². The second kappa shape index (κ2) is 6.08. The minimum absolute atomic E-state index is 0.158. The Morgan fingerprint density at radius 3 is 2.81 bits per heavy atom. The van der Waals surface area contributed by atoms with E-state index in [1.807, 2.05) is 0 Å². The van der Waals surface area contributed by atoms with Gasteiger partial charge in [0.2, 0.25) is 0 Å². The smallest absolute Gasteiger partial charge is 0.326 e. The van der Waals surface area contributed by atoms with E-state index in [9.17, 15) is 14.7 Å². The zero-order chi connectivity index (χ0) is 14.8.